The van der Waals surface area contributed by atoms with Crippen molar-refractivity contribution in [2.75, 3.05) is 52.4 Å². The van der Waals surface area contributed by atoms with Gasteiger partial charge in [-0.25, -0.2) is 4.79 Å². The Kier molecular flexibility index (Phi) is 8.76. The third-order valence-electron chi connectivity index (χ3n) is 5.23. The number of likely N-dealkylation sites (tertiary alicyclic amines) is 2. The van der Waals surface area contributed by atoms with Crippen LogP contribution in [0, 0.1) is 5.92 Å². The van der Waals surface area contributed by atoms with E-state index in [-0.39, 0.29) is 6.03 Å². The van der Waals surface area contributed by atoms with E-state index in [4.69, 9.17) is 0 Å². The minimum Gasteiger partial charge on any atom is -0.338 e. The molecule has 0 bridgehead atoms. The Morgan fingerprint density at radius 1 is 0.870 bits per heavy atom. The second-order valence-electron chi connectivity index (χ2n) is 7.32. The van der Waals surface area contributed by atoms with Gasteiger partial charge in [0, 0.05) is 19.6 Å². The highest BCUT2D eigenvalue weighted by Gasteiger charge is 2.14. The molecule has 2 aliphatic heterocycles. The maximum Gasteiger partial charge on any atom is 0.314 e. The largest absolute Gasteiger partial charge is 0.338 e. The van der Waals surface area contributed by atoms with Crippen molar-refractivity contribution < 1.29 is 4.79 Å². The molecule has 2 N–H and O–H groups in total. The van der Waals surface area contributed by atoms with E-state index in [1.54, 1.807) is 0 Å². The van der Waals surface area contributed by atoms with Crippen molar-refractivity contribution in [3.8, 4) is 0 Å². The Morgan fingerprint density at radius 2 is 1.52 bits per heavy atom. The molecule has 0 atom stereocenters. The van der Waals surface area contributed by atoms with Gasteiger partial charge in [0.05, 0.1) is 0 Å². The molecule has 2 fully saturated rings. The summed E-state index contributed by atoms with van der Waals surface area (Å²) in [6.45, 7) is 11.0. The molecular weight excluding hydrogens is 288 g/mol. The van der Waals surface area contributed by atoms with Crippen molar-refractivity contribution in [1.82, 2.24) is 20.4 Å². The van der Waals surface area contributed by atoms with Crippen LogP contribution in [-0.4, -0.2) is 68.2 Å². The molecule has 5 nitrogen and oxygen atoms in total. The van der Waals surface area contributed by atoms with Gasteiger partial charge in [0.15, 0.2) is 0 Å². The molecule has 0 aliphatic carbocycles. The Hall–Kier alpha value is -0.810. The third kappa shape index (κ3) is 8.02. The van der Waals surface area contributed by atoms with Gasteiger partial charge in [-0.1, -0.05) is 13.3 Å². The molecule has 0 radical (unpaired) electrons. The highest BCUT2D eigenvalue weighted by atomic mass is 16.2. The Morgan fingerprint density at radius 3 is 2.26 bits per heavy atom. The summed E-state index contributed by atoms with van der Waals surface area (Å²) in [6, 6.07) is -0.00573. The lowest BCUT2D eigenvalue weighted by Gasteiger charge is -2.30. The maximum atomic E-state index is 11.7. The van der Waals surface area contributed by atoms with E-state index in [1.807, 2.05) is 0 Å². The van der Waals surface area contributed by atoms with Gasteiger partial charge in [-0.3, -0.25) is 0 Å². The van der Waals surface area contributed by atoms with Crippen molar-refractivity contribution in [3.63, 3.8) is 0 Å². The van der Waals surface area contributed by atoms with Crippen molar-refractivity contribution in [1.29, 1.82) is 0 Å². The predicted molar refractivity (Wildman–Crippen MR) is 95.8 cm³/mol. The van der Waals surface area contributed by atoms with Gasteiger partial charge in [-0.2, -0.15) is 0 Å². The normalized spacial score (nSPS) is 21.3. The van der Waals surface area contributed by atoms with Gasteiger partial charge in [-0.05, 0) is 77.2 Å². The minimum absolute atomic E-state index is 0.00573. The molecule has 0 aromatic heterocycles. The lowest BCUT2D eigenvalue weighted by atomic mass is 9.99. The number of rotatable bonds is 8. The lowest BCUT2D eigenvalue weighted by Crippen LogP contribution is -2.42. The van der Waals surface area contributed by atoms with Crippen LogP contribution in [0.3, 0.4) is 0 Å². The smallest absolute Gasteiger partial charge is 0.314 e. The van der Waals surface area contributed by atoms with E-state index in [0.717, 1.165) is 32.0 Å². The zero-order chi connectivity index (χ0) is 16.3. The lowest BCUT2D eigenvalue weighted by molar-refractivity contribution is 0.189. The van der Waals surface area contributed by atoms with Gasteiger partial charge >= 0.3 is 6.03 Å². The number of nitrogens with one attached hydrogen (secondary N) is 2. The molecule has 0 saturated carbocycles. The van der Waals surface area contributed by atoms with Gasteiger partial charge in [0.25, 0.3) is 0 Å². The van der Waals surface area contributed by atoms with E-state index in [2.05, 4.69) is 27.4 Å². The highest BCUT2D eigenvalue weighted by Crippen LogP contribution is 2.16. The number of unbranched alkanes of at least 4 members (excludes halogenated alkanes) is 1. The number of carbonyl (C=O) groups is 1. The van der Waals surface area contributed by atoms with Crippen LogP contribution in [0.4, 0.5) is 4.79 Å². The summed E-state index contributed by atoms with van der Waals surface area (Å²) in [6.07, 6.45) is 8.93. The van der Waals surface area contributed by atoms with Crippen molar-refractivity contribution in [2.45, 2.75) is 51.9 Å². The number of piperidine rings is 2. The number of hydrogen-bond donors (Lipinski definition) is 2. The van der Waals surface area contributed by atoms with E-state index in [9.17, 15) is 4.79 Å². The monoisotopic (exact) mass is 324 g/mol. The SMILES string of the molecule is CC1CCN(CCCCNC(=O)NCCN2CCCCC2)CC1. The van der Waals surface area contributed by atoms with Crippen molar-refractivity contribution in [3.05, 3.63) is 0 Å². The predicted octanol–water partition coefficient (Wildman–Crippen LogP) is 2.28. The summed E-state index contributed by atoms with van der Waals surface area (Å²) in [7, 11) is 0. The third-order valence-corrected chi connectivity index (χ3v) is 5.23. The van der Waals surface area contributed by atoms with Gasteiger partial charge in [0.2, 0.25) is 0 Å². The molecule has 2 amide bonds. The van der Waals surface area contributed by atoms with E-state index < -0.39 is 0 Å². The van der Waals surface area contributed by atoms with Crippen LogP contribution in [0.25, 0.3) is 0 Å². The molecule has 2 saturated heterocycles. The van der Waals surface area contributed by atoms with Crippen LogP contribution in [0.2, 0.25) is 0 Å². The standard InChI is InChI=1S/C18H36N4O/c1-17-7-14-22(15-8-17)13-6-3-9-19-18(23)20-10-16-21-11-4-2-5-12-21/h17H,2-16H2,1H3,(H2,19,20,23). The first-order valence-electron chi connectivity index (χ1n) is 9.70. The van der Waals surface area contributed by atoms with Crippen LogP contribution in [-0.2, 0) is 0 Å². The second kappa shape index (κ2) is 10.9. The first-order valence-corrected chi connectivity index (χ1v) is 9.70. The molecule has 23 heavy (non-hydrogen) atoms. The van der Waals surface area contributed by atoms with Gasteiger partial charge in [-0.15, -0.1) is 0 Å². The Bertz CT molecular complexity index is 323. The number of urea groups is 1. The molecule has 2 aliphatic rings. The van der Waals surface area contributed by atoms with E-state index >= 15 is 0 Å². The van der Waals surface area contributed by atoms with Crippen LogP contribution in [0.5, 0.6) is 0 Å². The quantitative estimate of drug-likeness (QED) is 0.674. The van der Waals surface area contributed by atoms with Crippen molar-refractivity contribution >= 4 is 6.03 Å². The Labute approximate surface area is 142 Å². The average molecular weight is 325 g/mol. The topological polar surface area (TPSA) is 47.6 Å². The summed E-state index contributed by atoms with van der Waals surface area (Å²) in [5.41, 5.74) is 0. The second-order valence-corrected chi connectivity index (χ2v) is 7.32. The van der Waals surface area contributed by atoms with Crippen LogP contribution in [0.15, 0.2) is 0 Å². The maximum absolute atomic E-state index is 11.7. The fourth-order valence-electron chi connectivity index (χ4n) is 3.52. The van der Waals surface area contributed by atoms with Gasteiger partial charge in [0.1, 0.15) is 0 Å². The summed E-state index contributed by atoms with van der Waals surface area (Å²) in [5.74, 6) is 0.904. The first kappa shape index (κ1) is 18.5. The number of nitrogens with zero attached hydrogens (tertiary/aromatic N) is 2. The number of hydrogen-bond acceptors (Lipinski definition) is 3. The molecule has 0 spiro atoms. The zero-order valence-corrected chi connectivity index (χ0v) is 15.0. The van der Waals surface area contributed by atoms with Crippen LogP contribution in [0.1, 0.15) is 51.9 Å². The van der Waals surface area contributed by atoms with Gasteiger partial charge < -0.3 is 20.4 Å². The zero-order valence-electron chi connectivity index (χ0n) is 15.0. The molecule has 134 valence electrons. The molecule has 5 heteroatoms. The number of carbonyl (C=O) groups excluding carboxylic acids is 1. The summed E-state index contributed by atoms with van der Waals surface area (Å²) < 4.78 is 0. The Balaban J connectivity index is 1.39. The van der Waals surface area contributed by atoms with E-state index in [1.165, 1.54) is 71.2 Å². The van der Waals surface area contributed by atoms with Crippen LogP contribution < -0.4 is 10.6 Å². The molecule has 2 heterocycles. The van der Waals surface area contributed by atoms with Crippen LogP contribution >= 0.6 is 0 Å². The summed E-state index contributed by atoms with van der Waals surface area (Å²) in [4.78, 5) is 16.8. The summed E-state index contributed by atoms with van der Waals surface area (Å²) in [5, 5.41) is 5.95. The molecule has 0 aromatic carbocycles. The summed E-state index contributed by atoms with van der Waals surface area (Å²) >= 11 is 0. The van der Waals surface area contributed by atoms with Crippen molar-refractivity contribution in [2.24, 2.45) is 5.92 Å². The average Bonchev–Trinajstić information content (AvgIpc) is 2.57. The first-order chi connectivity index (χ1) is 11.2. The molecule has 2 rings (SSSR count). The molecule has 0 unspecified atom stereocenters. The minimum atomic E-state index is -0.00573. The fourth-order valence-corrected chi connectivity index (χ4v) is 3.52. The van der Waals surface area contributed by atoms with E-state index in [0.29, 0.717) is 0 Å². The highest BCUT2D eigenvalue weighted by molar-refractivity contribution is 5.73. The number of amides is 2. The fraction of sp³-hybridized carbons (Fsp3) is 0.944. The molecular formula is C18H36N4O. The molecule has 0 aromatic rings.